The van der Waals surface area contributed by atoms with Crippen molar-refractivity contribution in [1.29, 1.82) is 0 Å². The molecule has 0 aromatic heterocycles. The quantitative estimate of drug-likeness (QED) is 0.662. The third-order valence-electron chi connectivity index (χ3n) is 2.26. The van der Waals surface area contributed by atoms with Crippen molar-refractivity contribution in [2.75, 3.05) is 23.1 Å². The van der Waals surface area contributed by atoms with E-state index in [2.05, 4.69) is 5.32 Å². The zero-order chi connectivity index (χ0) is 13.9. The highest BCUT2D eigenvalue weighted by Crippen LogP contribution is 2.19. The van der Waals surface area contributed by atoms with Crippen LogP contribution in [0.2, 0.25) is 0 Å². The van der Waals surface area contributed by atoms with Crippen LogP contribution in [0.3, 0.4) is 0 Å². The summed E-state index contributed by atoms with van der Waals surface area (Å²) in [5.41, 5.74) is 12.0. The SMILES string of the molecule is CC(CS(C)(=O)=O)Nc1cc(N)ccc1C(N)=O. The minimum absolute atomic E-state index is 0.0417. The number of anilines is 2. The predicted octanol–water partition coefficient (Wildman–Crippen LogP) is 0.213. The van der Waals surface area contributed by atoms with E-state index < -0.39 is 15.7 Å². The molecule has 1 aromatic carbocycles. The number of rotatable bonds is 5. The van der Waals surface area contributed by atoms with E-state index in [1.807, 2.05) is 0 Å². The van der Waals surface area contributed by atoms with Gasteiger partial charge in [-0.1, -0.05) is 0 Å². The van der Waals surface area contributed by atoms with Gasteiger partial charge in [0.05, 0.1) is 11.3 Å². The smallest absolute Gasteiger partial charge is 0.250 e. The molecule has 1 atom stereocenters. The normalized spacial score (nSPS) is 13.0. The van der Waals surface area contributed by atoms with E-state index in [0.29, 0.717) is 11.4 Å². The molecule has 0 fully saturated rings. The van der Waals surface area contributed by atoms with E-state index in [-0.39, 0.29) is 17.4 Å². The van der Waals surface area contributed by atoms with Crippen LogP contribution in [0, 0.1) is 0 Å². The number of nitrogen functional groups attached to an aromatic ring is 1. The van der Waals surface area contributed by atoms with Gasteiger partial charge in [-0.25, -0.2) is 8.42 Å². The first-order valence-electron chi connectivity index (χ1n) is 5.32. The van der Waals surface area contributed by atoms with Crippen LogP contribution in [0.4, 0.5) is 11.4 Å². The highest BCUT2D eigenvalue weighted by atomic mass is 32.2. The van der Waals surface area contributed by atoms with Gasteiger partial charge in [-0.2, -0.15) is 0 Å². The maximum Gasteiger partial charge on any atom is 0.250 e. The summed E-state index contributed by atoms with van der Waals surface area (Å²) < 4.78 is 22.3. The molecule has 0 aliphatic rings. The molecule has 5 N–H and O–H groups in total. The molecule has 6 nitrogen and oxygen atoms in total. The second-order valence-corrected chi connectivity index (χ2v) is 6.49. The first-order chi connectivity index (χ1) is 8.19. The van der Waals surface area contributed by atoms with Gasteiger partial charge in [0, 0.05) is 23.7 Å². The summed E-state index contributed by atoms with van der Waals surface area (Å²) in [6.45, 7) is 1.70. The second-order valence-electron chi connectivity index (χ2n) is 4.31. The molecule has 0 aliphatic carbocycles. The molecule has 1 rings (SSSR count). The van der Waals surface area contributed by atoms with E-state index in [1.165, 1.54) is 6.07 Å². The standard InChI is InChI=1S/C11H17N3O3S/c1-7(6-18(2,16)17)14-10-5-8(12)3-4-9(10)11(13)15/h3-5,7,14H,6,12H2,1-2H3,(H2,13,15). The maximum absolute atomic E-state index is 11.2. The molecule has 1 amide bonds. The summed E-state index contributed by atoms with van der Waals surface area (Å²) in [4.78, 5) is 11.2. The average Bonchev–Trinajstić information content (AvgIpc) is 2.13. The van der Waals surface area contributed by atoms with E-state index in [9.17, 15) is 13.2 Å². The van der Waals surface area contributed by atoms with Gasteiger partial charge >= 0.3 is 0 Å². The fourth-order valence-corrected chi connectivity index (χ4v) is 2.65. The summed E-state index contributed by atoms with van der Waals surface area (Å²) in [5.74, 6) is -0.635. The van der Waals surface area contributed by atoms with E-state index in [1.54, 1.807) is 19.1 Å². The van der Waals surface area contributed by atoms with Crippen molar-refractivity contribution in [3.63, 3.8) is 0 Å². The number of carbonyl (C=O) groups excluding carboxylic acids is 1. The summed E-state index contributed by atoms with van der Waals surface area (Å²) in [6, 6.07) is 4.28. The molecular weight excluding hydrogens is 254 g/mol. The van der Waals surface area contributed by atoms with Crippen molar-refractivity contribution in [3.8, 4) is 0 Å². The van der Waals surface area contributed by atoms with Gasteiger partial charge in [0.15, 0.2) is 0 Å². The van der Waals surface area contributed by atoms with Gasteiger partial charge in [-0.15, -0.1) is 0 Å². The third-order valence-corrected chi connectivity index (χ3v) is 3.37. The molecule has 0 saturated heterocycles. The molecule has 18 heavy (non-hydrogen) atoms. The Bertz CT molecular complexity index is 555. The van der Waals surface area contributed by atoms with Gasteiger partial charge < -0.3 is 16.8 Å². The molecule has 7 heteroatoms. The molecule has 100 valence electrons. The highest BCUT2D eigenvalue weighted by molar-refractivity contribution is 7.90. The first-order valence-corrected chi connectivity index (χ1v) is 7.38. The van der Waals surface area contributed by atoms with Crippen LogP contribution in [0.15, 0.2) is 18.2 Å². The Labute approximate surface area is 106 Å². The zero-order valence-electron chi connectivity index (χ0n) is 10.3. The number of hydrogen-bond acceptors (Lipinski definition) is 5. The number of amides is 1. The molecule has 1 aromatic rings. The van der Waals surface area contributed by atoms with Crippen LogP contribution in [0.25, 0.3) is 0 Å². The predicted molar refractivity (Wildman–Crippen MR) is 72.2 cm³/mol. The molecule has 0 aliphatic heterocycles. The fourth-order valence-electron chi connectivity index (χ4n) is 1.66. The number of nitrogens with one attached hydrogen (secondary N) is 1. The van der Waals surface area contributed by atoms with Gasteiger partial charge in [0.25, 0.3) is 5.91 Å². The highest BCUT2D eigenvalue weighted by Gasteiger charge is 2.14. The van der Waals surface area contributed by atoms with Gasteiger partial charge in [-0.05, 0) is 25.1 Å². The fraction of sp³-hybridized carbons (Fsp3) is 0.364. The number of primary amides is 1. The van der Waals surface area contributed by atoms with Crippen LogP contribution in [0.5, 0.6) is 0 Å². The number of nitrogens with two attached hydrogens (primary N) is 2. The number of benzene rings is 1. The Hall–Kier alpha value is -1.76. The lowest BCUT2D eigenvalue weighted by atomic mass is 10.1. The summed E-state index contributed by atoms with van der Waals surface area (Å²) in [7, 11) is -3.10. The molecular formula is C11H17N3O3S. The summed E-state index contributed by atoms with van der Waals surface area (Å²) in [5, 5.41) is 2.93. The Morgan fingerprint density at radius 1 is 1.44 bits per heavy atom. The molecule has 0 heterocycles. The monoisotopic (exact) mass is 271 g/mol. The number of sulfone groups is 1. The topological polar surface area (TPSA) is 115 Å². The zero-order valence-corrected chi connectivity index (χ0v) is 11.1. The third kappa shape index (κ3) is 4.25. The first kappa shape index (κ1) is 14.3. The van der Waals surface area contributed by atoms with Crippen LogP contribution in [-0.2, 0) is 9.84 Å². The second kappa shape index (κ2) is 5.26. The number of hydrogen-bond donors (Lipinski definition) is 3. The van der Waals surface area contributed by atoms with Crippen molar-refractivity contribution in [2.24, 2.45) is 5.73 Å². The van der Waals surface area contributed by atoms with Gasteiger partial charge in [-0.3, -0.25) is 4.79 Å². The van der Waals surface area contributed by atoms with Crippen molar-refractivity contribution in [1.82, 2.24) is 0 Å². The van der Waals surface area contributed by atoms with Gasteiger partial charge in [0.2, 0.25) is 0 Å². The van der Waals surface area contributed by atoms with Crippen molar-refractivity contribution < 1.29 is 13.2 Å². The summed E-state index contributed by atoms with van der Waals surface area (Å²) in [6.07, 6.45) is 1.15. The maximum atomic E-state index is 11.2. The van der Waals surface area contributed by atoms with Crippen LogP contribution in [-0.4, -0.2) is 32.4 Å². The van der Waals surface area contributed by atoms with E-state index in [0.717, 1.165) is 6.26 Å². The lowest BCUT2D eigenvalue weighted by Gasteiger charge is -2.16. The van der Waals surface area contributed by atoms with Crippen LogP contribution in [0.1, 0.15) is 17.3 Å². The minimum Gasteiger partial charge on any atom is -0.399 e. The number of carbonyl (C=O) groups is 1. The van der Waals surface area contributed by atoms with E-state index in [4.69, 9.17) is 11.5 Å². The van der Waals surface area contributed by atoms with E-state index >= 15 is 0 Å². The summed E-state index contributed by atoms with van der Waals surface area (Å²) >= 11 is 0. The Morgan fingerprint density at radius 3 is 2.56 bits per heavy atom. The lowest BCUT2D eigenvalue weighted by molar-refractivity contribution is 0.100. The van der Waals surface area contributed by atoms with Gasteiger partial charge in [0.1, 0.15) is 9.84 Å². The van der Waals surface area contributed by atoms with Crippen molar-refractivity contribution >= 4 is 27.1 Å². The van der Waals surface area contributed by atoms with Crippen molar-refractivity contribution in [3.05, 3.63) is 23.8 Å². The Morgan fingerprint density at radius 2 is 2.06 bits per heavy atom. The molecule has 0 spiro atoms. The molecule has 1 unspecified atom stereocenters. The Balaban J connectivity index is 2.96. The van der Waals surface area contributed by atoms with Crippen molar-refractivity contribution in [2.45, 2.75) is 13.0 Å². The van der Waals surface area contributed by atoms with Crippen LogP contribution >= 0.6 is 0 Å². The molecule has 0 bridgehead atoms. The average molecular weight is 271 g/mol. The van der Waals surface area contributed by atoms with Crippen LogP contribution < -0.4 is 16.8 Å². The lowest BCUT2D eigenvalue weighted by Crippen LogP contribution is -2.26. The Kier molecular flexibility index (Phi) is 4.18. The molecule has 0 radical (unpaired) electrons. The minimum atomic E-state index is -3.10. The largest absolute Gasteiger partial charge is 0.399 e. The molecule has 0 saturated carbocycles.